The molecule has 0 radical (unpaired) electrons. The number of carbonyl (C=O) groups is 1. The summed E-state index contributed by atoms with van der Waals surface area (Å²) in [6.07, 6.45) is 3.41. The Morgan fingerprint density at radius 3 is 2.82 bits per heavy atom. The zero-order valence-corrected chi connectivity index (χ0v) is 17.1. The van der Waals surface area contributed by atoms with Crippen LogP contribution in [0.15, 0.2) is 70.6 Å². The summed E-state index contributed by atoms with van der Waals surface area (Å²) in [7, 11) is -3.77. The summed E-state index contributed by atoms with van der Waals surface area (Å²) in [5, 5.41) is 2.70. The van der Waals surface area contributed by atoms with Crippen LogP contribution in [0.4, 0.5) is 11.4 Å². The van der Waals surface area contributed by atoms with Gasteiger partial charge < -0.3 is 9.88 Å². The molecule has 9 heteroatoms. The predicted molar refractivity (Wildman–Crippen MR) is 110 cm³/mol. The first-order chi connectivity index (χ1) is 13.4. The molecule has 0 bridgehead atoms. The normalized spacial score (nSPS) is 13.4. The highest BCUT2D eigenvalue weighted by molar-refractivity contribution is 9.10. The van der Waals surface area contributed by atoms with Gasteiger partial charge in [0.25, 0.3) is 10.0 Å². The molecular weight excluding hydrogens is 444 g/mol. The third-order valence-corrected chi connectivity index (χ3v) is 6.64. The fourth-order valence-corrected chi connectivity index (χ4v) is 5.01. The average molecular weight is 461 g/mol. The summed E-state index contributed by atoms with van der Waals surface area (Å²) >= 11 is 3.35. The largest absolute Gasteiger partial charge is 0.327 e. The fourth-order valence-electron chi connectivity index (χ4n) is 3.16. The SMILES string of the molecule is O=C(Cn1cnc(S(=O)(=O)N2CCc3ccccc32)c1)Nc1cccc(Br)c1. The first-order valence-electron chi connectivity index (χ1n) is 8.61. The molecule has 1 aromatic heterocycles. The number of carbonyl (C=O) groups excluding carboxylic acids is 1. The number of fused-ring (bicyclic) bond motifs is 1. The molecule has 0 fully saturated rings. The second kappa shape index (κ2) is 7.40. The molecule has 2 aromatic carbocycles. The van der Waals surface area contributed by atoms with Gasteiger partial charge in [-0.1, -0.05) is 40.2 Å². The molecule has 0 unspecified atom stereocenters. The van der Waals surface area contributed by atoms with Gasteiger partial charge in [-0.15, -0.1) is 0 Å². The zero-order valence-electron chi connectivity index (χ0n) is 14.7. The molecule has 0 atom stereocenters. The second-order valence-electron chi connectivity index (χ2n) is 6.40. The van der Waals surface area contributed by atoms with Gasteiger partial charge >= 0.3 is 0 Å². The van der Waals surface area contributed by atoms with Crippen LogP contribution in [0.25, 0.3) is 0 Å². The van der Waals surface area contributed by atoms with Gasteiger partial charge in [-0.3, -0.25) is 9.10 Å². The smallest absolute Gasteiger partial charge is 0.283 e. The average Bonchev–Trinajstić information content (AvgIpc) is 3.29. The fraction of sp³-hybridized carbons (Fsp3) is 0.158. The third kappa shape index (κ3) is 3.67. The van der Waals surface area contributed by atoms with E-state index in [0.717, 1.165) is 10.0 Å². The highest BCUT2D eigenvalue weighted by Crippen LogP contribution is 2.32. The molecule has 1 amide bonds. The van der Waals surface area contributed by atoms with Crippen LogP contribution in [-0.4, -0.2) is 30.4 Å². The summed E-state index contributed by atoms with van der Waals surface area (Å²) in [6, 6.07) is 14.7. The van der Waals surface area contributed by atoms with E-state index in [1.165, 1.54) is 21.4 Å². The molecule has 0 saturated heterocycles. The van der Waals surface area contributed by atoms with Crippen molar-refractivity contribution in [3.05, 3.63) is 71.1 Å². The van der Waals surface area contributed by atoms with Gasteiger partial charge in [0.05, 0.1) is 12.0 Å². The van der Waals surface area contributed by atoms with E-state index in [9.17, 15) is 13.2 Å². The second-order valence-corrected chi connectivity index (χ2v) is 9.12. The number of hydrogen-bond donors (Lipinski definition) is 1. The van der Waals surface area contributed by atoms with Gasteiger partial charge in [-0.2, -0.15) is 8.42 Å². The van der Waals surface area contributed by atoms with E-state index in [-0.39, 0.29) is 17.5 Å². The highest BCUT2D eigenvalue weighted by atomic mass is 79.9. The Balaban J connectivity index is 1.49. The molecule has 1 N–H and O–H groups in total. The van der Waals surface area contributed by atoms with E-state index < -0.39 is 10.0 Å². The molecule has 4 rings (SSSR count). The lowest BCUT2D eigenvalue weighted by molar-refractivity contribution is -0.116. The Hall–Kier alpha value is -2.65. The van der Waals surface area contributed by atoms with E-state index in [2.05, 4.69) is 26.2 Å². The molecular formula is C19H17BrN4O3S. The Morgan fingerprint density at radius 1 is 1.18 bits per heavy atom. The first-order valence-corrected chi connectivity index (χ1v) is 10.8. The topological polar surface area (TPSA) is 84.3 Å². The predicted octanol–water partition coefficient (Wildman–Crippen LogP) is 3.04. The minimum Gasteiger partial charge on any atom is -0.327 e. The number of halogens is 1. The van der Waals surface area contributed by atoms with Crippen molar-refractivity contribution >= 4 is 43.2 Å². The summed E-state index contributed by atoms with van der Waals surface area (Å²) in [5.74, 6) is -0.272. The van der Waals surface area contributed by atoms with E-state index in [1.807, 2.05) is 30.3 Å². The molecule has 0 spiro atoms. The van der Waals surface area contributed by atoms with Gasteiger partial charge in [0.1, 0.15) is 6.54 Å². The number of rotatable bonds is 5. The number of aromatic nitrogens is 2. The molecule has 3 aromatic rings. The van der Waals surface area contributed by atoms with E-state index in [4.69, 9.17) is 0 Å². The Bertz CT molecular complexity index is 1140. The number of nitrogens with one attached hydrogen (secondary N) is 1. The maximum atomic E-state index is 13.0. The van der Waals surface area contributed by atoms with Crippen molar-refractivity contribution in [3.8, 4) is 0 Å². The molecule has 2 heterocycles. The van der Waals surface area contributed by atoms with Crippen molar-refractivity contribution in [2.45, 2.75) is 18.0 Å². The van der Waals surface area contributed by atoms with Crippen molar-refractivity contribution in [2.75, 3.05) is 16.2 Å². The number of hydrogen-bond acceptors (Lipinski definition) is 4. The standard InChI is InChI=1S/C19H17BrN4O3S/c20-15-5-3-6-16(10-15)22-18(25)11-23-12-19(21-13-23)28(26,27)24-9-8-14-4-1-2-7-17(14)24/h1-7,10,12-13H,8-9,11H2,(H,22,25). The molecule has 0 aliphatic carbocycles. The minimum absolute atomic E-state index is 0.0361. The van der Waals surface area contributed by atoms with E-state index in [1.54, 1.807) is 18.2 Å². The van der Waals surface area contributed by atoms with Crippen LogP contribution in [0.5, 0.6) is 0 Å². The number of benzene rings is 2. The Morgan fingerprint density at radius 2 is 2.00 bits per heavy atom. The van der Waals surface area contributed by atoms with Gasteiger partial charge in [-0.25, -0.2) is 4.98 Å². The monoisotopic (exact) mass is 460 g/mol. The van der Waals surface area contributed by atoms with Crippen molar-refractivity contribution in [1.82, 2.24) is 9.55 Å². The van der Waals surface area contributed by atoms with Gasteiger partial charge in [0, 0.05) is 22.9 Å². The van der Waals surface area contributed by atoms with Crippen molar-refractivity contribution in [2.24, 2.45) is 0 Å². The summed E-state index contributed by atoms with van der Waals surface area (Å²) in [4.78, 5) is 16.3. The van der Waals surface area contributed by atoms with Gasteiger partial charge in [0.15, 0.2) is 5.03 Å². The number of imidazole rings is 1. The number of amides is 1. The molecule has 28 heavy (non-hydrogen) atoms. The minimum atomic E-state index is -3.77. The van der Waals surface area contributed by atoms with Crippen molar-refractivity contribution in [3.63, 3.8) is 0 Å². The van der Waals surface area contributed by atoms with Crippen LogP contribution in [0.3, 0.4) is 0 Å². The van der Waals surface area contributed by atoms with Crippen LogP contribution < -0.4 is 9.62 Å². The van der Waals surface area contributed by atoms with Crippen LogP contribution in [0, 0.1) is 0 Å². The van der Waals surface area contributed by atoms with Crippen molar-refractivity contribution < 1.29 is 13.2 Å². The number of sulfonamides is 1. The lowest BCUT2D eigenvalue weighted by Crippen LogP contribution is -2.29. The molecule has 144 valence electrons. The highest BCUT2D eigenvalue weighted by Gasteiger charge is 2.32. The molecule has 7 nitrogen and oxygen atoms in total. The van der Waals surface area contributed by atoms with Gasteiger partial charge in [0.2, 0.25) is 5.91 Å². The van der Waals surface area contributed by atoms with Crippen LogP contribution in [0.1, 0.15) is 5.56 Å². The summed E-state index contributed by atoms with van der Waals surface area (Å²) in [5.41, 5.74) is 2.34. The van der Waals surface area contributed by atoms with Gasteiger partial charge in [-0.05, 0) is 36.2 Å². The number of anilines is 2. The van der Waals surface area contributed by atoms with Crippen LogP contribution >= 0.6 is 15.9 Å². The van der Waals surface area contributed by atoms with Crippen LogP contribution in [0.2, 0.25) is 0 Å². The maximum Gasteiger partial charge on any atom is 0.283 e. The van der Waals surface area contributed by atoms with Crippen molar-refractivity contribution in [1.29, 1.82) is 0 Å². The Kier molecular flexibility index (Phi) is 4.94. The van der Waals surface area contributed by atoms with Crippen LogP contribution in [-0.2, 0) is 27.8 Å². The first kappa shape index (κ1) is 18.7. The summed E-state index contributed by atoms with van der Waals surface area (Å²) < 4.78 is 29.6. The molecule has 1 aliphatic heterocycles. The maximum absolute atomic E-state index is 13.0. The quantitative estimate of drug-likeness (QED) is 0.633. The third-order valence-electron chi connectivity index (χ3n) is 4.44. The molecule has 1 aliphatic rings. The Labute approximate surface area is 171 Å². The van der Waals surface area contributed by atoms with E-state index >= 15 is 0 Å². The van der Waals surface area contributed by atoms with E-state index in [0.29, 0.717) is 24.3 Å². The lowest BCUT2D eigenvalue weighted by Gasteiger charge is -2.17. The number of para-hydroxylation sites is 1. The number of nitrogens with zero attached hydrogens (tertiary/aromatic N) is 3. The molecule has 0 saturated carbocycles. The lowest BCUT2D eigenvalue weighted by atomic mass is 10.2. The zero-order chi connectivity index (χ0) is 19.7. The summed E-state index contributed by atoms with van der Waals surface area (Å²) in [6.45, 7) is 0.351.